The van der Waals surface area contributed by atoms with Crippen LogP contribution in [0.4, 0.5) is 0 Å². The minimum atomic E-state index is -0.395. The lowest BCUT2D eigenvalue weighted by molar-refractivity contribution is -0.150. The summed E-state index contributed by atoms with van der Waals surface area (Å²) in [5.41, 5.74) is 0.426. The van der Waals surface area contributed by atoms with E-state index < -0.39 is 11.9 Å². The highest BCUT2D eigenvalue weighted by atomic mass is 16.5. The summed E-state index contributed by atoms with van der Waals surface area (Å²) in [5, 5.41) is 0. The Morgan fingerprint density at radius 3 is 1.43 bits per heavy atom. The zero-order chi connectivity index (χ0) is 17.9. The van der Waals surface area contributed by atoms with Crippen LogP contribution in [-0.2, 0) is 19.1 Å². The summed E-state index contributed by atoms with van der Waals surface area (Å²) in [6, 6.07) is 0. The molecule has 0 aromatic rings. The third-order valence-electron chi connectivity index (χ3n) is 3.84. The lowest BCUT2D eigenvalue weighted by Gasteiger charge is -2.33. The summed E-state index contributed by atoms with van der Waals surface area (Å²) in [4.78, 5) is 23.5. The van der Waals surface area contributed by atoms with Gasteiger partial charge in [0.1, 0.15) is 13.2 Å². The molecule has 0 saturated carbocycles. The normalized spacial score (nSPS) is 11.0. The van der Waals surface area contributed by atoms with Crippen molar-refractivity contribution >= 4 is 11.9 Å². The van der Waals surface area contributed by atoms with Crippen molar-refractivity contribution in [3.05, 3.63) is 24.3 Å². The van der Waals surface area contributed by atoms with Gasteiger partial charge < -0.3 is 9.47 Å². The molecular formula is C19H32O4. The molecule has 0 unspecified atom stereocenters. The van der Waals surface area contributed by atoms with E-state index in [0.717, 1.165) is 38.5 Å². The van der Waals surface area contributed by atoms with Gasteiger partial charge in [0.05, 0.1) is 0 Å². The van der Waals surface area contributed by atoms with E-state index >= 15 is 0 Å². The van der Waals surface area contributed by atoms with Crippen molar-refractivity contribution in [3.8, 4) is 0 Å². The highest BCUT2D eigenvalue weighted by Gasteiger charge is 2.33. The molecule has 0 aromatic carbocycles. The van der Waals surface area contributed by atoms with Gasteiger partial charge >= 0.3 is 11.9 Å². The number of carbonyl (C=O) groups is 2. The SMILES string of the molecule is C=C(C)C(=O)OCC(CCCC)(CCCC)COC(=O)C(=C)C. The summed E-state index contributed by atoms with van der Waals surface area (Å²) in [6.07, 6.45) is 5.79. The van der Waals surface area contributed by atoms with E-state index in [-0.39, 0.29) is 18.6 Å². The highest BCUT2D eigenvalue weighted by molar-refractivity contribution is 5.87. The molecule has 0 fully saturated rings. The maximum Gasteiger partial charge on any atom is 0.333 e. The maximum absolute atomic E-state index is 11.7. The topological polar surface area (TPSA) is 52.6 Å². The van der Waals surface area contributed by atoms with Crippen molar-refractivity contribution in [2.45, 2.75) is 66.2 Å². The minimum absolute atomic E-state index is 0.252. The molecule has 0 heterocycles. The van der Waals surface area contributed by atoms with Gasteiger partial charge in [-0.3, -0.25) is 0 Å². The van der Waals surface area contributed by atoms with Crippen LogP contribution in [-0.4, -0.2) is 25.2 Å². The fourth-order valence-electron chi connectivity index (χ4n) is 2.24. The second kappa shape index (κ2) is 11.0. The van der Waals surface area contributed by atoms with Crippen molar-refractivity contribution in [2.24, 2.45) is 5.41 Å². The largest absolute Gasteiger partial charge is 0.462 e. The number of rotatable bonds is 12. The Kier molecular flexibility index (Phi) is 10.3. The van der Waals surface area contributed by atoms with Crippen LogP contribution in [0.2, 0.25) is 0 Å². The van der Waals surface area contributed by atoms with E-state index in [1.807, 2.05) is 0 Å². The van der Waals surface area contributed by atoms with E-state index in [9.17, 15) is 9.59 Å². The molecule has 0 aliphatic rings. The van der Waals surface area contributed by atoms with Gasteiger partial charge in [0.25, 0.3) is 0 Å². The molecule has 0 aliphatic carbocycles. The monoisotopic (exact) mass is 324 g/mol. The first-order chi connectivity index (χ1) is 10.8. The van der Waals surface area contributed by atoms with E-state index in [4.69, 9.17) is 9.47 Å². The maximum atomic E-state index is 11.7. The van der Waals surface area contributed by atoms with Crippen molar-refractivity contribution in [3.63, 3.8) is 0 Å². The first-order valence-electron chi connectivity index (χ1n) is 8.43. The molecule has 0 N–H and O–H groups in total. The molecule has 0 radical (unpaired) electrons. The van der Waals surface area contributed by atoms with Crippen LogP contribution in [0.1, 0.15) is 66.2 Å². The quantitative estimate of drug-likeness (QED) is 0.389. The van der Waals surface area contributed by atoms with Crippen LogP contribution >= 0.6 is 0 Å². The third-order valence-corrected chi connectivity index (χ3v) is 3.84. The average molecular weight is 324 g/mol. The Morgan fingerprint density at radius 2 is 1.17 bits per heavy atom. The van der Waals surface area contributed by atoms with Crippen LogP contribution in [0, 0.1) is 5.41 Å². The summed E-state index contributed by atoms with van der Waals surface area (Å²) in [6.45, 7) is 15.2. The molecule has 4 nitrogen and oxygen atoms in total. The number of esters is 2. The van der Waals surface area contributed by atoms with Crippen LogP contribution in [0.25, 0.3) is 0 Å². The Morgan fingerprint density at radius 1 is 0.826 bits per heavy atom. The lowest BCUT2D eigenvalue weighted by atomic mass is 9.79. The molecule has 0 saturated heterocycles. The summed E-state index contributed by atoms with van der Waals surface area (Å²) in [5.74, 6) is -0.790. The minimum Gasteiger partial charge on any atom is -0.462 e. The summed E-state index contributed by atoms with van der Waals surface area (Å²) < 4.78 is 10.8. The second-order valence-electron chi connectivity index (χ2n) is 6.42. The number of carbonyl (C=O) groups excluding carboxylic acids is 2. The summed E-state index contributed by atoms with van der Waals surface area (Å²) in [7, 11) is 0. The van der Waals surface area contributed by atoms with Crippen LogP contribution in [0.15, 0.2) is 24.3 Å². The first-order valence-corrected chi connectivity index (χ1v) is 8.43. The van der Waals surface area contributed by atoms with Crippen LogP contribution < -0.4 is 0 Å². The van der Waals surface area contributed by atoms with Gasteiger partial charge in [-0.25, -0.2) is 9.59 Å². The molecular weight excluding hydrogens is 292 g/mol. The molecule has 0 aliphatic heterocycles. The summed E-state index contributed by atoms with van der Waals surface area (Å²) >= 11 is 0. The van der Waals surface area contributed by atoms with E-state index in [0.29, 0.717) is 11.1 Å². The molecule has 132 valence electrons. The molecule has 0 atom stereocenters. The first kappa shape index (κ1) is 21.4. The fraction of sp³-hybridized carbons (Fsp3) is 0.684. The second-order valence-corrected chi connectivity index (χ2v) is 6.42. The van der Waals surface area contributed by atoms with Gasteiger partial charge in [0.2, 0.25) is 0 Å². The highest BCUT2D eigenvalue weighted by Crippen LogP contribution is 2.33. The molecule has 0 spiro atoms. The zero-order valence-electron chi connectivity index (χ0n) is 15.2. The fourth-order valence-corrected chi connectivity index (χ4v) is 2.24. The Hall–Kier alpha value is -1.58. The molecule has 23 heavy (non-hydrogen) atoms. The van der Waals surface area contributed by atoms with E-state index in [2.05, 4.69) is 27.0 Å². The third kappa shape index (κ3) is 8.58. The van der Waals surface area contributed by atoms with Gasteiger partial charge in [0.15, 0.2) is 0 Å². The van der Waals surface area contributed by atoms with Gasteiger partial charge in [-0.1, -0.05) is 52.7 Å². The average Bonchev–Trinajstić information content (AvgIpc) is 2.52. The number of hydrogen-bond acceptors (Lipinski definition) is 4. The Balaban J connectivity index is 5.05. The predicted molar refractivity (Wildman–Crippen MR) is 93.0 cm³/mol. The van der Waals surface area contributed by atoms with Gasteiger partial charge in [-0.2, -0.15) is 0 Å². The molecule has 0 aromatic heterocycles. The number of ether oxygens (including phenoxy) is 2. The Bertz CT molecular complexity index is 383. The standard InChI is InChI=1S/C19H32O4/c1-7-9-11-19(12-10-8-2,13-22-17(20)15(3)4)14-23-18(21)16(5)6/h3,5,7-14H2,1-2,4,6H3. The zero-order valence-corrected chi connectivity index (χ0v) is 15.2. The van der Waals surface area contributed by atoms with Gasteiger partial charge in [-0.15, -0.1) is 0 Å². The van der Waals surface area contributed by atoms with Crippen molar-refractivity contribution in [1.82, 2.24) is 0 Å². The van der Waals surface area contributed by atoms with Gasteiger partial charge in [0, 0.05) is 16.6 Å². The van der Waals surface area contributed by atoms with Gasteiger partial charge in [-0.05, 0) is 26.7 Å². The molecule has 4 heteroatoms. The van der Waals surface area contributed by atoms with Crippen molar-refractivity contribution < 1.29 is 19.1 Å². The number of unbranched alkanes of at least 4 members (excludes halogenated alkanes) is 2. The molecule has 0 amide bonds. The van der Waals surface area contributed by atoms with Crippen molar-refractivity contribution in [2.75, 3.05) is 13.2 Å². The molecule has 0 bridgehead atoms. The van der Waals surface area contributed by atoms with E-state index in [1.54, 1.807) is 13.8 Å². The lowest BCUT2D eigenvalue weighted by Crippen LogP contribution is -2.35. The smallest absolute Gasteiger partial charge is 0.333 e. The van der Waals surface area contributed by atoms with E-state index in [1.165, 1.54) is 0 Å². The Labute approximate surface area is 140 Å². The predicted octanol–water partition coefficient (Wildman–Crippen LogP) is 4.59. The van der Waals surface area contributed by atoms with Crippen molar-refractivity contribution in [1.29, 1.82) is 0 Å². The van der Waals surface area contributed by atoms with Crippen LogP contribution in [0.3, 0.4) is 0 Å². The number of hydrogen-bond donors (Lipinski definition) is 0. The molecule has 0 rings (SSSR count). The van der Waals surface area contributed by atoms with Crippen LogP contribution in [0.5, 0.6) is 0 Å².